The van der Waals surface area contributed by atoms with Crippen LogP contribution in [0.15, 0.2) is 65.5 Å². The number of nitro benzene ring substituents is 1. The van der Waals surface area contributed by atoms with Gasteiger partial charge in [-0.05, 0) is 17.5 Å². The standard InChI is InChI=1S/C16H12N2O3/c19-16-10-9-12-5-1-3-7-14(12)17(16)11-13-6-2-4-8-15(13)18(20)21/h1-10H,11H2. The molecule has 5 heteroatoms. The molecule has 2 aromatic carbocycles. The highest BCUT2D eigenvalue weighted by Crippen LogP contribution is 2.20. The maximum absolute atomic E-state index is 12.1. The molecule has 3 aromatic rings. The highest BCUT2D eigenvalue weighted by atomic mass is 16.6. The van der Waals surface area contributed by atoms with E-state index < -0.39 is 4.92 Å². The number of pyridine rings is 1. The second kappa shape index (κ2) is 5.20. The molecule has 0 saturated heterocycles. The van der Waals surface area contributed by atoms with E-state index in [2.05, 4.69) is 0 Å². The molecule has 1 heterocycles. The van der Waals surface area contributed by atoms with Crippen LogP contribution in [-0.4, -0.2) is 9.49 Å². The molecule has 0 spiro atoms. The predicted molar refractivity (Wildman–Crippen MR) is 80.4 cm³/mol. The van der Waals surface area contributed by atoms with Crippen LogP contribution in [0.3, 0.4) is 0 Å². The first kappa shape index (κ1) is 13.1. The van der Waals surface area contributed by atoms with Gasteiger partial charge in [0.1, 0.15) is 0 Å². The van der Waals surface area contributed by atoms with Crippen molar-refractivity contribution in [2.75, 3.05) is 0 Å². The minimum absolute atomic E-state index is 0.0253. The summed E-state index contributed by atoms with van der Waals surface area (Å²) in [6.45, 7) is 0.178. The summed E-state index contributed by atoms with van der Waals surface area (Å²) >= 11 is 0. The Morgan fingerprint density at radius 1 is 0.952 bits per heavy atom. The molecule has 1 aromatic heterocycles. The van der Waals surface area contributed by atoms with E-state index in [9.17, 15) is 14.9 Å². The quantitative estimate of drug-likeness (QED) is 0.547. The van der Waals surface area contributed by atoms with E-state index in [1.165, 1.54) is 12.1 Å². The van der Waals surface area contributed by atoms with Crippen molar-refractivity contribution in [3.05, 3.63) is 86.7 Å². The van der Waals surface area contributed by atoms with E-state index in [0.29, 0.717) is 5.56 Å². The molecule has 0 atom stereocenters. The lowest BCUT2D eigenvalue weighted by atomic mass is 10.1. The van der Waals surface area contributed by atoms with Crippen molar-refractivity contribution in [3.63, 3.8) is 0 Å². The molecule has 0 bridgehead atoms. The van der Waals surface area contributed by atoms with Crippen LogP contribution in [0.5, 0.6) is 0 Å². The Morgan fingerprint density at radius 3 is 2.48 bits per heavy atom. The largest absolute Gasteiger partial charge is 0.304 e. The molecular formula is C16H12N2O3. The van der Waals surface area contributed by atoms with E-state index in [0.717, 1.165) is 10.9 Å². The van der Waals surface area contributed by atoms with Crippen molar-refractivity contribution in [1.29, 1.82) is 0 Å². The predicted octanol–water partition coefficient (Wildman–Crippen LogP) is 2.96. The first-order valence-electron chi connectivity index (χ1n) is 6.48. The Hall–Kier alpha value is -2.95. The molecule has 0 saturated carbocycles. The molecule has 0 N–H and O–H groups in total. The lowest BCUT2D eigenvalue weighted by Gasteiger charge is -2.10. The summed E-state index contributed by atoms with van der Waals surface area (Å²) in [4.78, 5) is 22.8. The highest BCUT2D eigenvalue weighted by Gasteiger charge is 2.14. The fourth-order valence-corrected chi connectivity index (χ4v) is 2.40. The zero-order chi connectivity index (χ0) is 14.8. The third-order valence-corrected chi connectivity index (χ3v) is 3.42. The Balaban J connectivity index is 2.17. The summed E-state index contributed by atoms with van der Waals surface area (Å²) in [5.41, 5.74) is 1.13. The highest BCUT2D eigenvalue weighted by molar-refractivity contribution is 5.78. The number of nitro groups is 1. The second-order valence-electron chi connectivity index (χ2n) is 4.70. The third-order valence-electron chi connectivity index (χ3n) is 3.42. The molecule has 0 fully saturated rings. The minimum Gasteiger partial charge on any atom is -0.304 e. The van der Waals surface area contributed by atoms with Crippen LogP contribution in [-0.2, 0) is 6.54 Å². The molecule has 104 valence electrons. The van der Waals surface area contributed by atoms with Gasteiger partial charge in [-0.2, -0.15) is 0 Å². The van der Waals surface area contributed by atoms with Crippen molar-refractivity contribution < 1.29 is 4.92 Å². The van der Waals surface area contributed by atoms with E-state index in [1.54, 1.807) is 28.8 Å². The van der Waals surface area contributed by atoms with Gasteiger partial charge in [-0.25, -0.2) is 0 Å². The van der Waals surface area contributed by atoms with Crippen LogP contribution >= 0.6 is 0 Å². The lowest BCUT2D eigenvalue weighted by Crippen LogP contribution is -2.20. The van der Waals surface area contributed by atoms with E-state index in [1.807, 2.05) is 24.3 Å². The van der Waals surface area contributed by atoms with Crippen molar-refractivity contribution in [1.82, 2.24) is 4.57 Å². The number of rotatable bonds is 3. The summed E-state index contributed by atoms with van der Waals surface area (Å²) in [5, 5.41) is 12.0. The van der Waals surface area contributed by atoms with Gasteiger partial charge in [0.25, 0.3) is 11.2 Å². The molecule has 3 rings (SSSR count). The Bertz CT molecular complexity index is 884. The molecule has 0 aliphatic heterocycles. The van der Waals surface area contributed by atoms with Crippen LogP contribution in [0.2, 0.25) is 0 Å². The topological polar surface area (TPSA) is 65.1 Å². The number of aromatic nitrogens is 1. The average Bonchev–Trinajstić information content (AvgIpc) is 2.50. The Kier molecular flexibility index (Phi) is 3.23. The number of hydrogen-bond acceptors (Lipinski definition) is 3. The molecular weight excluding hydrogens is 268 g/mol. The summed E-state index contributed by atoms with van der Waals surface area (Å²) < 4.78 is 1.55. The average molecular weight is 280 g/mol. The summed E-state index contributed by atoms with van der Waals surface area (Å²) in [6, 6.07) is 17.2. The van der Waals surface area contributed by atoms with Crippen LogP contribution < -0.4 is 5.56 Å². The van der Waals surface area contributed by atoms with Crippen molar-refractivity contribution in [2.45, 2.75) is 6.54 Å². The van der Waals surface area contributed by atoms with E-state index in [4.69, 9.17) is 0 Å². The SMILES string of the molecule is O=c1ccc2ccccc2n1Cc1ccccc1[N+](=O)[O-]. The van der Waals surface area contributed by atoms with Crippen molar-refractivity contribution >= 4 is 16.6 Å². The van der Waals surface area contributed by atoms with E-state index in [-0.39, 0.29) is 17.8 Å². The zero-order valence-corrected chi connectivity index (χ0v) is 11.1. The maximum atomic E-state index is 12.1. The molecule has 0 amide bonds. The van der Waals surface area contributed by atoms with Gasteiger partial charge in [-0.15, -0.1) is 0 Å². The zero-order valence-electron chi connectivity index (χ0n) is 11.1. The Labute approximate surface area is 120 Å². The molecule has 0 aliphatic carbocycles. The van der Waals surface area contributed by atoms with Gasteiger partial charge in [0.15, 0.2) is 0 Å². The molecule has 0 radical (unpaired) electrons. The van der Waals surface area contributed by atoms with Gasteiger partial charge in [0.05, 0.1) is 17.0 Å². The van der Waals surface area contributed by atoms with Gasteiger partial charge in [0, 0.05) is 17.7 Å². The second-order valence-corrected chi connectivity index (χ2v) is 4.70. The smallest absolute Gasteiger partial charge is 0.274 e. The number of para-hydroxylation sites is 2. The summed E-state index contributed by atoms with van der Waals surface area (Å²) in [5.74, 6) is 0. The van der Waals surface area contributed by atoms with Gasteiger partial charge in [-0.3, -0.25) is 14.9 Å². The fourth-order valence-electron chi connectivity index (χ4n) is 2.40. The van der Waals surface area contributed by atoms with Crippen LogP contribution in [0.4, 0.5) is 5.69 Å². The first-order valence-corrected chi connectivity index (χ1v) is 6.48. The van der Waals surface area contributed by atoms with Crippen LogP contribution in [0.25, 0.3) is 10.9 Å². The van der Waals surface area contributed by atoms with Gasteiger partial charge >= 0.3 is 0 Å². The van der Waals surface area contributed by atoms with E-state index >= 15 is 0 Å². The third kappa shape index (κ3) is 2.41. The van der Waals surface area contributed by atoms with Gasteiger partial charge < -0.3 is 4.57 Å². The van der Waals surface area contributed by atoms with Gasteiger partial charge in [-0.1, -0.05) is 36.4 Å². The van der Waals surface area contributed by atoms with Crippen molar-refractivity contribution in [3.8, 4) is 0 Å². The maximum Gasteiger partial charge on any atom is 0.274 e. The van der Waals surface area contributed by atoms with Crippen molar-refractivity contribution in [2.24, 2.45) is 0 Å². The lowest BCUT2D eigenvalue weighted by molar-refractivity contribution is -0.385. The minimum atomic E-state index is -0.425. The number of nitrogens with zero attached hydrogens (tertiary/aromatic N) is 2. The number of fused-ring (bicyclic) bond motifs is 1. The summed E-state index contributed by atoms with van der Waals surface area (Å²) in [7, 11) is 0. The number of benzene rings is 2. The number of hydrogen-bond donors (Lipinski definition) is 0. The summed E-state index contributed by atoms with van der Waals surface area (Å²) in [6.07, 6.45) is 0. The monoisotopic (exact) mass is 280 g/mol. The van der Waals surface area contributed by atoms with Crippen LogP contribution in [0.1, 0.15) is 5.56 Å². The van der Waals surface area contributed by atoms with Gasteiger partial charge in [0.2, 0.25) is 0 Å². The normalized spacial score (nSPS) is 10.7. The molecule has 0 aliphatic rings. The van der Waals surface area contributed by atoms with Crippen LogP contribution in [0, 0.1) is 10.1 Å². The molecule has 0 unspecified atom stereocenters. The fraction of sp³-hybridized carbons (Fsp3) is 0.0625. The molecule has 21 heavy (non-hydrogen) atoms. The Morgan fingerprint density at radius 2 is 1.67 bits per heavy atom. The first-order chi connectivity index (χ1) is 10.2. The molecule has 5 nitrogen and oxygen atoms in total.